The fraction of sp³-hybridized carbons (Fsp3) is 0.455. The molecule has 0 saturated carbocycles. The summed E-state index contributed by atoms with van der Waals surface area (Å²) < 4.78 is 73.1. The molecule has 0 aliphatic rings. The van der Waals surface area contributed by atoms with E-state index in [1.165, 1.54) is 18.2 Å². The number of ether oxygens (including phenoxy) is 1. The van der Waals surface area contributed by atoms with Crippen molar-refractivity contribution in [1.29, 1.82) is 0 Å². The van der Waals surface area contributed by atoms with Gasteiger partial charge in [0.05, 0.1) is 0 Å². The first kappa shape index (κ1) is 17.1. The SMILES string of the molecule is COC(F)(F)C(F)(F)C(OP(C)(=O)O)c1ccccc1. The maximum Gasteiger partial charge on any atom is 0.422 e. The summed E-state index contributed by atoms with van der Waals surface area (Å²) in [6.07, 6.45) is -7.48. The van der Waals surface area contributed by atoms with Crippen molar-refractivity contribution in [2.45, 2.75) is 18.1 Å². The van der Waals surface area contributed by atoms with Crippen LogP contribution < -0.4 is 0 Å². The number of alkyl halides is 4. The van der Waals surface area contributed by atoms with Crippen LogP contribution in [0.25, 0.3) is 0 Å². The van der Waals surface area contributed by atoms with Gasteiger partial charge in [-0.2, -0.15) is 17.6 Å². The van der Waals surface area contributed by atoms with Crippen molar-refractivity contribution in [3.63, 3.8) is 0 Å². The van der Waals surface area contributed by atoms with E-state index in [1.54, 1.807) is 0 Å². The topological polar surface area (TPSA) is 55.8 Å². The second-order valence-corrected chi connectivity index (χ2v) is 5.86. The highest BCUT2D eigenvalue weighted by molar-refractivity contribution is 7.51. The Morgan fingerprint density at radius 2 is 1.70 bits per heavy atom. The zero-order valence-corrected chi connectivity index (χ0v) is 11.5. The summed E-state index contributed by atoms with van der Waals surface area (Å²) in [5.74, 6) is -4.84. The van der Waals surface area contributed by atoms with Gasteiger partial charge in [0.15, 0.2) is 6.10 Å². The minimum atomic E-state index is -4.86. The first-order valence-corrected chi connectivity index (χ1v) is 7.38. The zero-order chi connectivity index (χ0) is 15.6. The predicted octanol–water partition coefficient (Wildman–Crippen LogP) is 3.43. The molecular weight excluding hydrogens is 303 g/mol. The van der Waals surface area contributed by atoms with Crippen LogP contribution in [0.1, 0.15) is 11.7 Å². The van der Waals surface area contributed by atoms with Crippen LogP contribution in [0.4, 0.5) is 17.6 Å². The monoisotopic (exact) mass is 316 g/mol. The van der Waals surface area contributed by atoms with Crippen molar-refractivity contribution in [2.75, 3.05) is 13.8 Å². The molecule has 1 rings (SSSR count). The lowest BCUT2D eigenvalue weighted by Crippen LogP contribution is -2.47. The molecule has 0 aliphatic heterocycles. The average Bonchev–Trinajstić information content (AvgIpc) is 2.35. The molecule has 1 N–H and O–H groups in total. The van der Waals surface area contributed by atoms with E-state index >= 15 is 0 Å². The van der Waals surface area contributed by atoms with Crippen molar-refractivity contribution >= 4 is 7.60 Å². The molecule has 2 unspecified atom stereocenters. The Bertz CT molecular complexity index is 488. The molecule has 0 saturated heterocycles. The van der Waals surface area contributed by atoms with Crippen LogP contribution in [-0.2, 0) is 13.8 Å². The molecule has 0 bridgehead atoms. The summed E-state index contributed by atoms with van der Waals surface area (Å²) in [4.78, 5) is 9.07. The highest BCUT2D eigenvalue weighted by atomic mass is 31.2. The first-order chi connectivity index (χ1) is 9.01. The summed E-state index contributed by atoms with van der Waals surface area (Å²) in [6, 6.07) is 6.26. The van der Waals surface area contributed by atoms with Gasteiger partial charge in [-0.25, -0.2) is 0 Å². The average molecular weight is 316 g/mol. The normalized spacial score (nSPS) is 17.6. The van der Waals surface area contributed by atoms with E-state index in [-0.39, 0.29) is 5.56 Å². The Labute approximate surface area is 112 Å². The minimum Gasteiger partial charge on any atom is -0.324 e. The predicted molar refractivity (Wildman–Crippen MR) is 62.9 cm³/mol. The third-order valence-electron chi connectivity index (χ3n) is 2.38. The van der Waals surface area contributed by atoms with Gasteiger partial charge in [-0.1, -0.05) is 30.3 Å². The smallest absolute Gasteiger partial charge is 0.324 e. The number of hydrogen-bond acceptors (Lipinski definition) is 3. The molecule has 0 aromatic heterocycles. The van der Waals surface area contributed by atoms with Crippen molar-refractivity contribution in [2.24, 2.45) is 0 Å². The Balaban J connectivity index is 3.28. The molecule has 20 heavy (non-hydrogen) atoms. The highest BCUT2D eigenvalue weighted by Crippen LogP contribution is 2.53. The highest BCUT2D eigenvalue weighted by Gasteiger charge is 2.64. The van der Waals surface area contributed by atoms with E-state index in [0.29, 0.717) is 13.8 Å². The summed E-state index contributed by atoms with van der Waals surface area (Å²) in [5.41, 5.74) is -0.370. The molecule has 0 spiro atoms. The van der Waals surface area contributed by atoms with Gasteiger partial charge in [0.1, 0.15) is 0 Å². The maximum atomic E-state index is 13.9. The Kier molecular flexibility index (Phi) is 4.97. The maximum absolute atomic E-state index is 13.9. The second-order valence-electron chi connectivity index (χ2n) is 4.04. The van der Waals surface area contributed by atoms with E-state index in [9.17, 15) is 22.1 Å². The van der Waals surface area contributed by atoms with Crippen molar-refractivity contribution in [3.8, 4) is 0 Å². The minimum absolute atomic E-state index is 0.370. The lowest BCUT2D eigenvalue weighted by Gasteiger charge is -2.32. The van der Waals surface area contributed by atoms with E-state index < -0.39 is 25.7 Å². The Morgan fingerprint density at radius 1 is 1.20 bits per heavy atom. The van der Waals surface area contributed by atoms with E-state index in [0.717, 1.165) is 12.1 Å². The molecule has 0 fully saturated rings. The van der Waals surface area contributed by atoms with Crippen molar-refractivity contribution in [3.05, 3.63) is 35.9 Å². The van der Waals surface area contributed by atoms with Crippen molar-refractivity contribution < 1.29 is 36.3 Å². The lowest BCUT2D eigenvalue weighted by molar-refractivity contribution is -0.359. The fourth-order valence-corrected chi connectivity index (χ4v) is 2.09. The molecule has 2 atom stereocenters. The third-order valence-corrected chi connectivity index (χ3v) is 2.98. The van der Waals surface area contributed by atoms with Crippen LogP contribution in [0.3, 0.4) is 0 Å². The molecular formula is C11H13F4O4P. The van der Waals surface area contributed by atoms with Crippen LogP contribution >= 0.6 is 7.60 Å². The molecule has 0 heterocycles. The van der Waals surface area contributed by atoms with Gasteiger partial charge in [0.25, 0.3) is 0 Å². The lowest BCUT2D eigenvalue weighted by atomic mass is 10.0. The zero-order valence-electron chi connectivity index (χ0n) is 10.6. The quantitative estimate of drug-likeness (QED) is 0.645. The van der Waals surface area contributed by atoms with Crippen LogP contribution in [0, 0.1) is 0 Å². The molecule has 1 aromatic rings. The van der Waals surface area contributed by atoms with Gasteiger partial charge in [0.2, 0.25) is 0 Å². The van der Waals surface area contributed by atoms with E-state index in [2.05, 4.69) is 9.26 Å². The number of benzene rings is 1. The molecule has 1 aromatic carbocycles. The van der Waals surface area contributed by atoms with Crippen LogP contribution in [0.15, 0.2) is 30.3 Å². The number of methoxy groups -OCH3 is 1. The molecule has 4 nitrogen and oxygen atoms in total. The number of rotatable bonds is 6. The Hall–Kier alpha value is -0.950. The molecule has 0 aliphatic carbocycles. The molecule has 0 amide bonds. The standard InChI is InChI=1S/C11H13F4O4P/c1-18-11(14,15)10(12,13)9(19-20(2,16)17)8-6-4-3-5-7-8/h3-7,9H,1-2H3,(H,16,17). The van der Waals surface area contributed by atoms with E-state index in [4.69, 9.17) is 4.89 Å². The summed E-state index contributed by atoms with van der Waals surface area (Å²) in [7, 11) is -4.03. The third kappa shape index (κ3) is 3.79. The van der Waals surface area contributed by atoms with Gasteiger partial charge < -0.3 is 9.63 Å². The van der Waals surface area contributed by atoms with Crippen LogP contribution in [0.2, 0.25) is 0 Å². The second kappa shape index (κ2) is 5.81. The number of halogens is 4. The first-order valence-electron chi connectivity index (χ1n) is 5.35. The van der Waals surface area contributed by atoms with Gasteiger partial charge in [-0.15, -0.1) is 0 Å². The van der Waals surface area contributed by atoms with Gasteiger partial charge in [-0.05, 0) is 5.56 Å². The molecule has 9 heteroatoms. The van der Waals surface area contributed by atoms with Crippen LogP contribution in [-0.4, -0.2) is 30.7 Å². The van der Waals surface area contributed by atoms with Crippen LogP contribution in [0.5, 0.6) is 0 Å². The van der Waals surface area contributed by atoms with Crippen molar-refractivity contribution in [1.82, 2.24) is 0 Å². The summed E-state index contributed by atoms with van der Waals surface area (Å²) >= 11 is 0. The Morgan fingerprint density at radius 3 is 2.10 bits per heavy atom. The van der Waals surface area contributed by atoms with Gasteiger partial charge >= 0.3 is 19.6 Å². The fourth-order valence-electron chi connectivity index (χ4n) is 1.45. The summed E-state index contributed by atoms with van der Waals surface area (Å²) in [5, 5.41) is 0. The number of hydrogen-bond donors (Lipinski definition) is 1. The van der Waals surface area contributed by atoms with E-state index in [1.807, 2.05) is 0 Å². The molecule has 0 radical (unpaired) electrons. The largest absolute Gasteiger partial charge is 0.422 e. The summed E-state index contributed by atoms with van der Waals surface area (Å²) in [6.45, 7) is 0.629. The van der Waals surface area contributed by atoms with Gasteiger partial charge in [-0.3, -0.25) is 9.09 Å². The molecule has 114 valence electrons. The van der Waals surface area contributed by atoms with Gasteiger partial charge in [0, 0.05) is 13.8 Å².